The lowest BCUT2D eigenvalue weighted by Crippen LogP contribution is -2.57. The fourth-order valence-corrected chi connectivity index (χ4v) is 3.32. The summed E-state index contributed by atoms with van der Waals surface area (Å²) in [6.07, 6.45) is 6.86. The Bertz CT molecular complexity index is 801. The summed E-state index contributed by atoms with van der Waals surface area (Å²) >= 11 is 0. The van der Waals surface area contributed by atoms with Gasteiger partial charge in [0.2, 0.25) is 17.7 Å². The van der Waals surface area contributed by atoms with Crippen LogP contribution in [0, 0.1) is 11.8 Å². The summed E-state index contributed by atoms with van der Waals surface area (Å²) in [5.74, 6) is -1.34. The first-order chi connectivity index (χ1) is 18.1. The van der Waals surface area contributed by atoms with E-state index in [1.807, 2.05) is 13.8 Å². The molecule has 1 aliphatic heterocycles. The molecule has 0 aliphatic carbocycles. The largest absolute Gasteiger partial charge is 0.382 e. The third-order valence-corrected chi connectivity index (χ3v) is 5.57. The van der Waals surface area contributed by atoms with Gasteiger partial charge in [-0.1, -0.05) is 45.9 Å². The minimum Gasteiger partial charge on any atom is -0.382 e. The molecule has 12 nitrogen and oxygen atoms in total. The van der Waals surface area contributed by atoms with Crippen molar-refractivity contribution in [2.45, 2.75) is 52.2 Å². The van der Waals surface area contributed by atoms with Gasteiger partial charge >= 0.3 is 6.03 Å². The van der Waals surface area contributed by atoms with Gasteiger partial charge in [0.15, 0.2) is 0 Å². The van der Waals surface area contributed by atoms with E-state index in [2.05, 4.69) is 26.6 Å². The van der Waals surface area contributed by atoms with Crippen molar-refractivity contribution in [1.82, 2.24) is 26.6 Å². The van der Waals surface area contributed by atoms with Crippen LogP contribution in [-0.4, -0.2) is 95.1 Å². The van der Waals surface area contributed by atoms with Crippen molar-refractivity contribution in [1.29, 1.82) is 0 Å². The lowest BCUT2D eigenvalue weighted by molar-refractivity contribution is -0.129. The van der Waals surface area contributed by atoms with Crippen LogP contribution in [0.2, 0.25) is 0 Å². The summed E-state index contributed by atoms with van der Waals surface area (Å²) in [5.41, 5.74) is 0. The Morgan fingerprint density at radius 2 is 1.71 bits per heavy atom. The molecule has 0 radical (unpaired) electrons. The molecule has 5 N–H and O–H groups in total. The van der Waals surface area contributed by atoms with Crippen molar-refractivity contribution >= 4 is 23.8 Å². The second-order valence-electron chi connectivity index (χ2n) is 9.47. The van der Waals surface area contributed by atoms with E-state index in [4.69, 9.17) is 14.2 Å². The van der Waals surface area contributed by atoms with Crippen molar-refractivity contribution in [2.75, 3.05) is 53.2 Å². The van der Waals surface area contributed by atoms with Gasteiger partial charge in [-0.2, -0.15) is 0 Å². The van der Waals surface area contributed by atoms with Crippen LogP contribution in [0.25, 0.3) is 0 Å². The molecular formula is C26H45N5O7. The normalized spacial score (nSPS) is 20.9. The van der Waals surface area contributed by atoms with E-state index in [-0.39, 0.29) is 24.3 Å². The zero-order valence-corrected chi connectivity index (χ0v) is 23.2. The second kappa shape index (κ2) is 19.2. The molecule has 0 aromatic carbocycles. The second-order valence-corrected chi connectivity index (χ2v) is 9.47. The lowest BCUT2D eigenvalue weighted by atomic mass is 10.0. The van der Waals surface area contributed by atoms with Gasteiger partial charge in [0.25, 0.3) is 0 Å². The van der Waals surface area contributed by atoms with Crippen molar-refractivity contribution in [3.63, 3.8) is 0 Å². The monoisotopic (exact) mass is 539 g/mol. The smallest absolute Gasteiger partial charge is 0.315 e. The number of methoxy groups -OCH3 is 1. The number of amides is 5. The Balaban J connectivity index is 2.66. The zero-order valence-electron chi connectivity index (χ0n) is 23.2. The Morgan fingerprint density at radius 3 is 2.37 bits per heavy atom. The van der Waals surface area contributed by atoms with E-state index in [0.29, 0.717) is 46.0 Å². The minimum atomic E-state index is -0.946. The molecular weight excluding hydrogens is 494 g/mol. The number of carbonyl (C=O) groups is 4. The summed E-state index contributed by atoms with van der Waals surface area (Å²) in [6, 6.07) is -2.73. The predicted molar refractivity (Wildman–Crippen MR) is 143 cm³/mol. The van der Waals surface area contributed by atoms with Crippen LogP contribution in [0.1, 0.15) is 34.1 Å². The Kier molecular flexibility index (Phi) is 16.7. The quantitative estimate of drug-likeness (QED) is 0.156. The molecule has 12 heteroatoms. The maximum absolute atomic E-state index is 13.1. The summed E-state index contributed by atoms with van der Waals surface area (Å²) in [7, 11) is 1.60. The number of hydrogen-bond donors (Lipinski definition) is 5. The summed E-state index contributed by atoms with van der Waals surface area (Å²) in [5, 5.41) is 13.7. The highest BCUT2D eigenvalue weighted by atomic mass is 16.5. The molecule has 0 bridgehead atoms. The predicted octanol–water partition coefficient (Wildman–Crippen LogP) is 0.248. The van der Waals surface area contributed by atoms with Crippen LogP contribution >= 0.6 is 0 Å². The van der Waals surface area contributed by atoms with Crippen LogP contribution < -0.4 is 26.6 Å². The fourth-order valence-electron chi connectivity index (χ4n) is 3.32. The number of carbonyl (C=O) groups excluding carboxylic acids is 4. The maximum atomic E-state index is 13.1. The molecule has 5 amide bonds. The third-order valence-electron chi connectivity index (χ3n) is 5.57. The molecule has 1 heterocycles. The van der Waals surface area contributed by atoms with E-state index < -0.39 is 36.0 Å². The Labute approximate surface area is 225 Å². The number of ether oxygens (including phenoxy) is 3. The summed E-state index contributed by atoms with van der Waals surface area (Å²) < 4.78 is 15.6. The standard InChI is InChI=1S/C26H45N5O7/c1-18(2)20-9-10-22(32)27-11-7-6-8-21(24(33)29-20)30-25(34)23(19(3)4)31-26(35)28-12-13-37-16-17-38-15-14-36-5/h6,8-10,18-21,23H,7,11-17H2,1-5H3,(H,27,32)(H,29,33)(H,30,34)(H2,28,31,35)/b8-6+,10-9+/t20-,21+,23+/m1/s1. The average molecular weight is 540 g/mol. The van der Waals surface area contributed by atoms with Crippen LogP contribution in [0.5, 0.6) is 0 Å². The van der Waals surface area contributed by atoms with Crippen molar-refractivity contribution < 1.29 is 33.4 Å². The van der Waals surface area contributed by atoms with Crippen LogP contribution in [0.3, 0.4) is 0 Å². The lowest BCUT2D eigenvalue weighted by Gasteiger charge is -2.26. The van der Waals surface area contributed by atoms with E-state index in [0.717, 1.165) is 0 Å². The van der Waals surface area contributed by atoms with E-state index in [1.165, 1.54) is 6.08 Å². The first-order valence-corrected chi connectivity index (χ1v) is 13.1. The van der Waals surface area contributed by atoms with Gasteiger partial charge in [-0.25, -0.2) is 4.79 Å². The highest BCUT2D eigenvalue weighted by molar-refractivity contribution is 5.93. The van der Waals surface area contributed by atoms with Gasteiger partial charge in [0, 0.05) is 32.3 Å². The highest BCUT2D eigenvalue weighted by Crippen LogP contribution is 2.07. The average Bonchev–Trinajstić information content (AvgIpc) is 2.86. The Morgan fingerprint density at radius 1 is 1.03 bits per heavy atom. The SMILES string of the molecule is COCCOCCOCCNC(=O)N[C@H](C(=O)N[C@H]1/C=C/CCNC(=O)/C=C/[C@H](C(C)C)NC1=O)C(C)C. The van der Waals surface area contributed by atoms with Gasteiger partial charge in [0.1, 0.15) is 12.1 Å². The highest BCUT2D eigenvalue weighted by Gasteiger charge is 2.28. The molecule has 1 aliphatic rings. The van der Waals surface area contributed by atoms with Gasteiger partial charge in [-0.3, -0.25) is 14.4 Å². The number of hydrogen-bond acceptors (Lipinski definition) is 7. The molecule has 0 aromatic heterocycles. The van der Waals surface area contributed by atoms with Gasteiger partial charge in [-0.05, 0) is 18.3 Å². The minimum absolute atomic E-state index is 0.0206. The Hall–Kier alpha value is -2.96. The molecule has 3 atom stereocenters. The van der Waals surface area contributed by atoms with E-state index >= 15 is 0 Å². The maximum Gasteiger partial charge on any atom is 0.315 e. The third kappa shape index (κ3) is 14.1. The van der Waals surface area contributed by atoms with Crippen LogP contribution in [-0.2, 0) is 28.6 Å². The van der Waals surface area contributed by atoms with E-state index in [9.17, 15) is 19.2 Å². The van der Waals surface area contributed by atoms with Gasteiger partial charge in [0.05, 0.1) is 33.0 Å². The molecule has 0 spiro atoms. The van der Waals surface area contributed by atoms with Crippen molar-refractivity contribution in [3.8, 4) is 0 Å². The topological polar surface area (TPSA) is 156 Å². The molecule has 0 saturated carbocycles. The van der Waals surface area contributed by atoms with Gasteiger partial charge in [-0.15, -0.1) is 0 Å². The molecule has 0 aromatic rings. The molecule has 0 unspecified atom stereocenters. The number of nitrogens with one attached hydrogen (secondary N) is 5. The molecule has 38 heavy (non-hydrogen) atoms. The number of urea groups is 1. The van der Waals surface area contributed by atoms with Crippen molar-refractivity contribution in [2.24, 2.45) is 11.8 Å². The molecule has 0 saturated heterocycles. The zero-order chi connectivity index (χ0) is 28.3. The van der Waals surface area contributed by atoms with Crippen LogP contribution in [0.15, 0.2) is 24.3 Å². The van der Waals surface area contributed by atoms with E-state index in [1.54, 1.807) is 39.2 Å². The van der Waals surface area contributed by atoms with Crippen molar-refractivity contribution in [3.05, 3.63) is 24.3 Å². The van der Waals surface area contributed by atoms with Gasteiger partial charge < -0.3 is 40.8 Å². The first kappa shape index (κ1) is 33.1. The molecule has 216 valence electrons. The number of rotatable bonds is 14. The van der Waals surface area contributed by atoms with Crippen LogP contribution in [0.4, 0.5) is 4.79 Å². The fraction of sp³-hybridized carbons (Fsp3) is 0.692. The summed E-state index contributed by atoms with van der Waals surface area (Å²) in [6.45, 7) is 10.2. The molecule has 1 rings (SSSR count). The summed E-state index contributed by atoms with van der Waals surface area (Å²) in [4.78, 5) is 50.4. The molecule has 0 fully saturated rings. The first-order valence-electron chi connectivity index (χ1n) is 13.1.